The predicted octanol–water partition coefficient (Wildman–Crippen LogP) is 3.26. The highest BCUT2D eigenvalue weighted by molar-refractivity contribution is 5.92. The quantitative estimate of drug-likeness (QED) is 0.861. The molecule has 0 heterocycles. The van der Waals surface area contributed by atoms with Crippen LogP contribution >= 0.6 is 0 Å². The van der Waals surface area contributed by atoms with Crippen LogP contribution in [0, 0.1) is 5.92 Å². The van der Waals surface area contributed by atoms with Crippen LogP contribution in [0.2, 0.25) is 0 Å². The largest absolute Gasteiger partial charge is 0.389 e. The predicted molar refractivity (Wildman–Crippen MR) is 72.3 cm³/mol. The van der Waals surface area contributed by atoms with Crippen LogP contribution in [0.3, 0.4) is 0 Å². The summed E-state index contributed by atoms with van der Waals surface area (Å²) in [5.41, 5.74) is 1.68. The Morgan fingerprint density at radius 3 is 2.39 bits per heavy atom. The van der Waals surface area contributed by atoms with Crippen LogP contribution in [0.15, 0.2) is 24.3 Å². The van der Waals surface area contributed by atoms with Gasteiger partial charge in [-0.3, -0.25) is 4.79 Å². The molecule has 0 aliphatic heterocycles. The number of nitrogens with one attached hydrogen (secondary N) is 1. The van der Waals surface area contributed by atoms with Crippen molar-refractivity contribution in [1.29, 1.82) is 0 Å². The SMILES string of the molecule is CC(O)c1ccc(NC(=O)C2CCCCC2)cc1. The van der Waals surface area contributed by atoms with Crippen molar-refractivity contribution in [2.45, 2.75) is 45.1 Å². The van der Waals surface area contributed by atoms with E-state index in [2.05, 4.69) is 5.32 Å². The summed E-state index contributed by atoms with van der Waals surface area (Å²) in [4.78, 5) is 12.0. The van der Waals surface area contributed by atoms with Crippen LogP contribution in [0.1, 0.15) is 50.7 Å². The molecule has 2 N–H and O–H groups in total. The molecule has 1 aromatic rings. The molecule has 0 radical (unpaired) electrons. The monoisotopic (exact) mass is 247 g/mol. The van der Waals surface area contributed by atoms with Gasteiger partial charge in [0.15, 0.2) is 0 Å². The lowest BCUT2D eigenvalue weighted by molar-refractivity contribution is -0.120. The minimum atomic E-state index is -0.465. The Kier molecular flexibility index (Phi) is 4.37. The average molecular weight is 247 g/mol. The van der Waals surface area contributed by atoms with Crippen molar-refractivity contribution in [2.75, 3.05) is 5.32 Å². The number of hydrogen-bond acceptors (Lipinski definition) is 2. The first-order chi connectivity index (χ1) is 8.66. The molecule has 0 aromatic heterocycles. The van der Waals surface area contributed by atoms with E-state index in [0.717, 1.165) is 24.1 Å². The van der Waals surface area contributed by atoms with Crippen LogP contribution in [-0.4, -0.2) is 11.0 Å². The van der Waals surface area contributed by atoms with Crippen molar-refractivity contribution in [3.05, 3.63) is 29.8 Å². The summed E-state index contributed by atoms with van der Waals surface area (Å²) in [7, 11) is 0. The Morgan fingerprint density at radius 1 is 1.22 bits per heavy atom. The minimum Gasteiger partial charge on any atom is -0.389 e. The maximum atomic E-state index is 12.0. The standard InChI is InChI=1S/C15H21NO2/c1-11(17)12-7-9-14(10-8-12)16-15(18)13-5-3-2-4-6-13/h7-11,13,17H,2-6H2,1H3,(H,16,18). The van der Waals surface area contributed by atoms with Gasteiger partial charge < -0.3 is 10.4 Å². The minimum absolute atomic E-state index is 0.138. The number of rotatable bonds is 3. The van der Waals surface area contributed by atoms with Gasteiger partial charge >= 0.3 is 0 Å². The molecule has 1 fully saturated rings. The molecule has 98 valence electrons. The lowest BCUT2D eigenvalue weighted by atomic mass is 9.88. The number of benzene rings is 1. The van der Waals surface area contributed by atoms with E-state index in [1.165, 1.54) is 19.3 Å². The van der Waals surface area contributed by atoms with Gasteiger partial charge in [0, 0.05) is 11.6 Å². The topological polar surface area (TPSA) is 49.3 Å². The van der Waals surface area contributed by atoms with Crippen molar-refractivity contribution in [3.8, 4) is 0 Å². The van der Waals surface area contributed by atoms with Crippen molar-refractivity contribution in [1.82, 2.24) is 0 Å². The summed E-state index contributed by atoms with van der Waals surface area (Å²) in [5.74, 6) is 0.315. The second-order valence-electron chi connectivity index (χ2n) is 5.12. The van der Waals surface area contributed by atoms with Crippen LogP contribution in [0.4, 0.5) is 5.69 Å². The van der Waals surface area contributed by atoms with Gasteiger partial charge in [0.2, 0.25) is 5.91 Å². The Morgan fingerprint density at radius 2 is 1.83 bits per heavy atom. The summed E-state index contributed by atoms with van der Waals surface area (Å²) in [6.07, 6.45) is 5.15. The zero-order valence-electron chi connectivity index (χ0n) is 10.9. The molecular formula is C15H21NO2. The van der Waals surface area contributed by atoms with Gasteiger partial charge in [0.05, 0.1) is 6.10 Å². The molecular weight excluding hydrogens is 226 g/mol. The molecule has 2 rings (SSSR count). The maximum Gasteiger partial charge on any atom is 0.227 e. The van der Waals surface area contributed by atoms with E-state index < -0.39 is 6.10 Å². The number of hydrogen-bond donors (Lipinski definition) is 2. The van der Waals surface area contributed by atoms with Crippen molar-refractivity contribution < 1.29 is 9.90 Å². The van der Waals surface area contributed by atoms with Gasteiger partial charge in [-0.1, -0.05) is 31.4 Å². The van der Waals surface area contributed by atoms with Crippen LogP contribution in [-0.2, 0) is 4.79 Å². The van der Waals surface area contributed by atoms with E-state index in [1.807, 2.05) is 24.3 Å². The fraction of sp³-hybridized carbons (Fsp3) is 0.533. The Bertz CT molecular complexity index is 391. The summed E-state index contributed by atoms with van der Waals surface area (Å²) in [6, 6.07) is 7.40. The van der Waals surface area contributed by atoms with E-state index in [0.29, 0.717) is 0 Å². The summed E-state index contributed by atoms with van der Waals surface area (Å²) < 4.78 is 0. The lowest BCUT2D eigenvalue weighted by Gasteiger charge is -2.20. The highest BCUT2D eigenvalue weighted by Crippen LogP contribution is 2.25. The number of carbonyl (C=O) groups is 1. The van der Waals surface area contributed by atoms with E-state index in [9.17, 15) is 9.90 Å². The van der Waals surface area contributed by atoms with Gasteiger partial charge in [0.1, 0.15) is 0 Å². The van der Waals surface area contributed by atoms with Gasteiger partial charge in [0.25, 0.3) is 0 Å². The highest BCUT2D eigenvalue weighted by Gasteiger charge is 2.20. The fourth-order valence-electron chi connectivity index (χ4n) is 2.45. The zero-order valence-corrected chi connectivity index (χ0v) is 10.9. The average Bonchev–Trinajstić information content (AvgIpc) is 2.40. The first-order valence-electron chi connectivity index (χ1n) is 6.75. The Hall–Kier alpha value is -1.35. The van der Waals surface area contributed by atoms with Gasteiger partial charge in [-0.05, 0) is 37.5 Å². The third-order valence-electron chi connectivity index (χ3n) is 3.64. The molecule has 1 atom stereocenters. The first-order valence-corrected chi connectivity index (χ1v) is 6.75. The summed E-state index contributed by atoms with van der Waals surface area (Å²) in [5, 5.41) is 12.4. The Labute approximate surface area is 108 Å². The van der Waals surface area contributed by atoms with Crippen LogP contribution in [0.25, 0.3) is 0 Å². The summed E-state index contributed by atoms with van der Waals surface area (Å²) in [6.45, 7) is 1.73. The van der Waals surface area contributed by atoms with Crippen LogP contribution in [0.5, 0.6) is 0 Å². The molecule has 0 bridgehead atoms. The number of aliphatic hydroxyl groups is 1. The van der Waals surface area contributed by atoms with Crippen molar-refractivity contribution in [3.63, 3.8) is 0 Å². The molecule has 1 unspecified atom stereocenters. The molecule has 1 aromatic carbocycles. The van der Waals surface area contributed by atoms with Crippen molar-refractivity contribution >= 4 is 11.6 Å². The third-order valence-corrected chi connectivity index (χ3v) is 3.64. The molecule has 0 saturated heterocycles. The number of carbonyl (C=O) groups excluding carboxylic acids is 1. The zero-order chi connectivity index (χ0) is 13.0. The van der Waals surface area contributed by atoms with E-state index in [1.54, 1.807) is 6.92 Å². The van der Waals surface area contributed by atoms with E-state index >= 15 is 0 Å². The normalized spacial score (nSPS) is 18.3. The number of amides is 1. The van der Waals surface area contributed by atoms with E-state index in [-0.39, 0.29) is 11.8 Å². The van der Waals surface area contributed by atoms with Crippen LogP contribution < -0.4 is 5.32 Å². The molecule has 0 spiro atoms. The molecule has 1 saturated carbocycles. The summed E-state index contributed by atoms with van der Waals surface area (Å²) >= 11 is 0. The second-order valence-corrected chi connectivity index (χ2v) is 5.12. The Balaban J connectivity index is 1.94. The van der Waals surface area contributed by atoms with Gasteiger partial charge in [-0.2, -0.15) is 0 Å². The number of anilines is 1. The van der Waals surface area contributed by atoms with Gasteiger partial charge in [-0.15, -0.1) is 0 Å². The van der Waals surface area contributed by atoms with Crippen molar-refractivity contribution in [2.24, 2.45) is 5.92 Å². The number of aliphatic hydroxyl groups excluding tert-OH is 1. The fourth-order valence-corrected chi connectivity index (χ4v) is 2.45. The molecule has 18 heavy (non-hydrogen) atoms. The molecule has 3 nitrogen and oxygen atoms in total. The third kappa shape index (κ3) is 3.33. The molecule has 1 aliphatic rings. The highest BCUT2D eigenvalue weighted by atomic mass is 16.3. The van der Waals surface area contributed by atoms with E-state index in [4.69, 9.17) is 0 Å². The maximum absolute atomic E-state index is 12.0. The molecule has 1 amide bonds. The van der Waals surface area contributed by atoms with Gasteiger partial charge in [-0.25, -0.2) is 0 Å². The lowest BCUT2D eigenvalue weighted by Crippen LogP contribution is -2.24. The molecule has 1 aliphatic carbocycles. The smallest absolute Gasteiger partial charge is 0.227 e. The first kappa shape index (κ1) is 13.1. The molecule has 3 heteroatoms. The second kappa shape index (κ2) is 6.01.